The molecule has 3 heterocycles. The topological polar surface area (TPSA) is 54.5 Å². The molecule has 0 bridgehead atoms. The predicted octanol–water partition coefficient (Wildman–Crippen LogP) is 3.55. The second kappa shape index (κ2) is 8.22. The number of nitrogens with one attached hydrogen (secondary N) is 1. The van der Waals surface area contributed by atoms with Gasteiger partial charge in [0.05, 0.1) is 12.2 Å². The Morgan fingerprint density at radius 1 is 1.20 bits per heavy atom. The Bertz CT molecular complexity index is 875. The van der Waals surface area contributed by atoms with Crippen LogP contribution < -0.4 is 5.32 Å². The van der Waals surface area contributed by atoms with Gasteiger partial charge in [-0.3, -0.25) is 14.7 Å². The van der Waals surface area contributed by atoms with Crippen molar-refractivity contribution in [3.8, 4) is 0 Å². The lowest BCUT2D eigenvalue weighted by atomic mass is 9.87. The molecule has 2 aliphatic heterocycles. The minimum absolute atomic E-state index is 0.0179. The van der Waals surface area contributed by atoms with E-state index in [2.05, 4.69) is 45.5 Å². The van der Waals surface area contributed by atoms with E-state index in [4.69, 9.17) is 4.74 Å². The highest BCUT2D eigenvalue weighted by Crippen LogP contribution is 2.43. The van der Waals surface area contributed by atoms with Crippen molar-refractivity contribution >= 4 is 5.78 Å². The fraction of sp³-hybridized carbons (Fsp3) is 0.520. The van der Waals surface area contributed by atoms with Gasteiger partial charge >= 0.3 is 0 Å². The molecule has 3 aliphatic rings. The van der Waals surface area contributed by atoms with E-state index in [-0.39, 0.29) is 11.4 Å². The van der Waals surface area contributed by atoms with Crippen LogP contribution in [-0.4, -0.2) is 53.0 Å². The van der Waals surface area contributed by atoms with E-state index < -0.39 is 0 Å². The van der Waals surface area contributed by atoms with Crippen LogP contribution in [0.15, 0.2) is 48.7 Å². The molecule has 3 atom stereocenters. The van der Waals surface area contributed by atoms with Crippen molar-refractivity contribution < 1.29 is 9.53 Å². The number of carbonyl (C=O) groups excluding carboxylic acids is 1. The Labute approximate surface area is 178 Å². The van der Waals surface area contributed by atoms with Crippen LogP contribution in [0.3, 0.4) is 0 Å². The molecule has 1 spiro atoms. The highest BCUT2D eigenvalue weighted by Gasteiger charge is 2.46. The van der Waals surface area contributed by atoms with Crippen molar-refractivity contribution in [2.45, 2.75) is 62.8 Å². The number of likely N-dealkylation sites (tertiary alicyclic amines) is 1. The third-order valence-corrected chi connectivity index (χ3v) is 7.04. The first-order chi connectivity index (χ1) is 14.6. The predicted molar refractivity (Wildman–Crippen MR) is 117 cm³/mol. The first kappa shape index (κ1) is 19.9. The lowest BCUT2D eigenvalue weighted by molar-refractivity contribution is -0.0449. The summed E-state index contributed by atoms with van der Waals surface area (Å²) in [7, 11) is 0. The fourth-order valence-electron chi connectivity index (χ4n) is 5.15. The molecule has 1 saturated carbocycles. The number of hydrogen-bond donors (Lipinski definition) is 1. The van der Waals surface area contributed by atoms with E-state index >= 15 is 0 Å². The van der Waals surface area contributed by atoms with Crippen LogP contribution in [0.5, 0.6) is 0 Å². The number of Topliss-reactive ketones (excluding diaryl/α,β-unsaturated/α-hetero) is 1. The molecule has 1 N–H and O–H groups in total. The van der Waals surface area contributed by atoms with Gasteiger partial charge in [0.2, 0.25) is 0 Å². The molecule has 1 unspecified atom stereocenters. The molecule has 5 rings (SSSR count). The zero-order chi connectivity index (χ0) is 20.6. The van der Waals surface area contributed by atoms with Gasteiger partial charge < -0.3 is 10.1 Å². The van der Waals surface area contributed by atoms with Gasteiger partial charge in [-0.25, -0.2) is 0 Å². The summed E-state index contributed by atoms with van der Waals surface area (Å²) in [5.74, 6) is 0.692. The minimum atomic E-state index is 0.0179. The maximum Gasteiger partial charge on any atom is 0.178 e. The van der Waals surface area contributed by atoms with Crippen molar-refractivity contribution in [2.24, 2.45) is 0 Å². The van der Waals surface area contributed by atoms with Gasteiger partial charge in [-0.15, -0.1) is 0 Å². The second-order valence-corrected chi connectivity index (χ2v) is 9.31. The Morgan fingerprint density at radius 3 is 2.70 bits per heavy atom. The number of pyridine rings is 1. The lowest BCUT2D eigenvalue weighted by Gasteiger charge is -2.38. The summed E-state index contributed by atoms with van der Waals surface area (Å²) in [4.78, 5) is 18.1. The van der Waals surface area contributed by atoms with Crippen LogP contribution in [0.4, 0.5) is 0 Å². The van der Waals surface area contributed by atoms with Gasteiger partial charge in [0, 0.05) is 50.8 Å². The summed E-state index contributed by atoms with van der Waals surface area (Å²) in [5.41, 5.74) is 3.23. The van der Waals surface area contributed by atoms with Crippen LogP contribution >= 0.6 is 0 Å². The van der Waals surface area contributed by atoms with Crippen molar-refractivity contribution in [3.63, 3.8) is 0 Å². The third kappa shape index (κ3) is 4.34. The van der Waals surface area contributed by atoms with E-state index in [0.29, 0.717) is 23.7 Å². The number of aromatic nitrogens is 1. The Hall–Kier alpha value is -2.08. The van der Waals surface area contributed by atoms with E-state index in [9.17, 15) is 4.79 Å². The summed E-state index contributed by atoms with van der Waals surface area (Å²) < 4.78 is 6.37. The van der Waals surface area contributed by atoms with Crippen LogP contribution in [-0.2, 0) is 11.3 Å². The summed E-state index contributed by atoms with van der Waals surface area (Å²) in [6, 6.07) is 15.8. The molecule has 1 aromatic carbocycles. The number of benzene rings is 1. The van der Waals surface area contributed by atoms with E-state index in [1.54, 1.807) is 6.92 Å². The molecular weight excluding hydrogens is 374 g/mol. The average molecular weight is 406 g/mol. The van der Waals surface area contributed by atoms with Gasteiger partial charge in [0.15, 0.2) is 5.78 Å². The SMILES string of the molecule is CC(=O)c1ccc(CN2CCC3(CC2)CC(N[C@@H]2C[C@H]2c2ccccc2)CO3)cn1. The smallest absolute Gasteiger partial charge is 0.178 e. The van der Waals surface area contributed by atoms with E-state index in [1.807, 2.05) is 18.3 Å². The van der Waals surface area contributed by atoms with Gasteiger partial charge in [0.1, 0.15) is 5.69 Å². The number of nitrogens with zero attached hydrogens (tertiary/aromatic N) is 2. The number of carbonyl (C=O) groups is 1. The number of rotatable bonds is 6. The number of piperidine rings is 1. The maximum absolute atomic E-state index is 11.4. The first-order valence-corrected chi connectivity index (χ1v) is 11.2. The molecule has 1 aromatic heterocycles. The molecule has 5 nitrogen and oxygen atoms in total. The summed E-state index contributed by atoms with van der Waals surface area (Å²) >= 11 is 0. The molecule has 0 radical (unpaired) electrons. The van der Waals surface area contributed by atoms with Crippen molar-refractivity contribution in [3.05, 3.63) is 65.5 Å². The number of hydrogen-bond acceptors (Lipinski definition) is 5. The average Bonchev–Trinajstić information content (AvgIpc) is 3.43. The normalized spacial score (nSPS) is 28.0. The zero-order valence-corrected chi connectivity index (χ0v) is 17.7. The van der Waals surface area contributed by atoms with Crippen LogP contribution in [0.1, 0.15) is 60.1 Å². The van der Waals surface area contributed by atoms with Crippen LogP contribution in [0, 0.1) is 0 Å². The highest BCUT2D eigenvalue weighted by molar-refractivity contribution is 5.91. The van der Waals surface area contributed by atoms with Crippen molar-refractivity contribution in [1.29, 1.82) is 0 Å². The molecular formula is C25H31N3O2. The molecule has 30 heavy (non-hydrogen) atoms. The largest absolute Gasteiger partial charge is 0.373 e. The van der Waals surface area contributed by atoms with E-state index in [1.165, 1.54) is 17.5 Å². The van der Waals surface area contributed by atoms with Crippen molar-refractivity contribution in [1.82, 2.24) is 15.2 Å². The van der Waals surface area contributed by atoms with E-state index in [0.717, 1.165) is 45.5 Å². The monoisotopic (exact) mass is 405 g/mol. The molecule has 2 saturated heterocycles. The fourth-order valence-corrected chi connectivity index (χ4v) is 5.15. The molecule has 5 heteroatoms. The lowest BCUT2D eigenvalue weighted by Crippen LogP contribution is -2.44. The molecule has 1 aliphatic carbocycles. The number of ether oxygens (including phenoxy) is 1. The van der Waals surface area contributed by atoms with Gasteiger partial charge in [0.25, 0.3) is 0 Å². The molecule has 2 aromatic rings. The first-order valence-electron chi connectivity index (χ1n) is 11.2. The molecule has 0 amide bonds. The molecule has 158 valence electrons. The summed E-state index contributed by atoms with van der Waals surface area (Å²) in [6.45, 7) is 5.40. The number of ketones is 1. The van der Waals surface area contributed by atoms with Gasteiger partial charge in [-0.1, -0.05) is 36.4 Å². The Balaban J connectivity index is 1.09. The Kier molecular flexibility index (Phi) is 5.44. The quantitative estimate of drug-likeness (QED) is 0.745. The maximum atomic E-state index is 11.4. The Morgan fingerprint density at radius 2 is 2.00 bits per heavy atom. The highest BCUT2D eigenvalue weighted by atomic mass is 16.5. The van der Waals surface area contributed by atoms with Crippen LogP contribution in [0.25, 0.3) is 0 Å². The third-order valence-electron chi connectivity index (χ3n) is 7.04. The van der Waals surface area contributed by atoms with Crippen LogP contribution in [0.2, 0.25) is 0 Å². The second-order valence-electron chi connectivity index (χ2n) is 9.31. The summed E-state index contributed by atoms with van der Waals surface area (Å²) in [6.07, 6.45) is 6.41. The minimum Gasteiger partial charge on any atom is -0.373 e. The standard InChI is InChI=1S/C25H31N3O2/c1-18(29)23-8-7-19(15-26-23)16-28-11-9-25(10-12-28)14-21(17-30-25)27-24-13-22(24)20-5-3-2-4-6-20/h2-8,15,21-22,24,27H,9-14,16-17H2,1H3/t21?,22-,24+/m0/s1. The summed E-state index contributed by atoms with van der Waals surface area (Å²) in [5, 5.41) is 3.86. The zero-order valence-electron chi connectivity index (χ0n) is 17.7. The van der Waals surface area contributed by atoms with Crippen molar-refractivity contribution in [2.75, 3.05) is 19.7 Å². The van der Waals surface area contributed by atoms with Gasteiger partial charge in [-0.2, -0.15) is 0 Å². The molecule has 3 fully saturated rings. The van der Waals surface area contributed by atoms with Gasteiger partial charge in [-0.05, 0) is 42.9 Å².